The highest BCUT2D eigenvalue weighted by atomic mass is 35.5. The first-order valence-corrected chi connectivity index (χ1v) is 9.98. The molecular formula is C23H22Cl3NO4. The maximum atomic E-state index is 10.9. The topological polar surface area (TPSA) is 67.8 Å². The van der Waals surface area contributed by atoms with Crippen molar-refractivity contribution in [1.82, 2.24) is 5.32 Å². The number of hydrogen-bond acceptors (Lipinski definition) is 4. The van der Waals surface area contributed by atoms with E-state index in [1.807, 2.05) is 24.3 Å². The second-order valence-corrected chi connectivity index (χ2v) is 7.46. The minimum absolute atomic E-state index is 0. The second-order valence-electron chi connectivity index (χ2n) is 6.62. The minimum atomic E-state index is -0.928. The van der Waals surface area contributed by atoms with E-state index in [2.05, 4.69) is 5.32 Å². The number of benzene rings is 3. The van der Waals surface area contributed by atoms with Gasteiger partial charge in [0.1, 0.15) is 6.61 Å². The average molecular weight is 483 g/mol. The Morgan fingerprint density at radius 1 is 0.935 bits per heavy atom. The van der Waals surface area contributed by atoms with Crippen LogP contribution in [0.15, 0.2) is 60.7 Å². The quantitative estimate of drug-likeness (QED) is 0.392. The molecule has 8 heteroatoms. The molecule has 0 bridgehead atoms. The summed E-state index contributed by atoms with van der Waals surface area (Å²) in [6.07, 6.45) is 0. The van der Waals surface area contributed by atoms with E-state index in [9.17, 15) is 4.79 Å². The third kappa shape index (κ3) is 7.04. The zero-order valence-corrected chi connectivity index (χ0v) is 19.1. The summed E-state index contributed by atoms with van der Waals surface area (Å²) in [5, 5.41) is 13.4. The van der Waals surface area contributed by atoms with Crippen molar-refractivity contribution in [2.24, 2.45) is 0 Å². The normalized spacial score (nSPS) is 10.3. The molecular weight excluding hydrogens is 461 g/mol. The molecule has 0 radical (unpaired) electrons. The summed E-state index contributed by atoms with van der Waals surface area (Å²) >= 11 is 12.1. The van der Waals surface area contributed by atoms with E-state index in [0.717, 1.165) is 16.7 Å². The van der Waals surface area contributed by atoms with Gasteiger partial charge in [-0.2, -0.15) is 0 Å². The van der Waals surface area contributed by atoms with Crippen LogP contribution in [0.1, 0.15) is 27.0 Å². The van der Waals surface area contributed by atoms with Crippen LogP contribution in [0, 0.1) is 0 Å². The van der Waals surface area contributed by atoms with Crippen LogP contribution in [0.3, 0.4) is 0 Å². The molecule has 0 fully saturated rings. The molecule has 0 saturated carbocycles. The van der Waals surface area contributed by atoms with Crippen molar-refractivity contribution in [2.45, 2.75) is 19.7 Å². The van der Waals surface area contributed by atoms with Crippen molar-refractivity contribution in [3.63, 3.8) is 0 Å². The predicted octanol–water partition coefficient (Wildman–Crippen LogP) is 5.99. The van der Waals surface area contributed by atoms with Crippen LogP contribution >= 0.6 is 35.6 Å². The van der Waals surface area contributed by atoms with Crippen LogP contribution in [-0.2, 0) is 19.7 Å². The fourth-order valence-corrected chi connectivity index (χ4v) is 3.31. The highest BCUT2D eigenvalue weighted by molar-refractivity contribution is 6.35. The summed E-state index contributed by atoms with van der Waals surface area (Å²) in [7, 11) is 1.60. The van der Waals surface area contributed by atoms with E-state index in [1.54, 1.807) is 43.5 Å². The number of aromatic carboxylic acids is 1. The lowest BCUT2D eigenvalue weighted by atomic mass is 10.1. The minimum Gasteiger partial charge on any atom is -0.493 e. The molecule has 0 atom stereocenters. The van der Waals surface area contributed by atoms with Gasteiger partial charge in [-0.15, -0.1) is 12.4 Å². The van der Waals surface area contributed by atoms with Gasteiger partial charge in [-0.1, -0.05) is 47.5 Å². The van der Waals surface area contributed by atoms with E-state index in [4.69, 9.17) is 37.8 Å². The standard InChI is InChI=1S/C23H21Cl2NO4.ClH/c1-29-22-10-16(13-26-12-15-2-5-17(6-3-15)23(27)28)4-9-21(22)30-14-18-7-8-19(24)11-20(18)25;/h2-11,26H,12-14H2,1H3,(H,27,28);1H. The smallest absolute Gasteiger partial charge is 0.335 e. The van der Waals surface area contributed by atoms with Gasteiger partial charge in [0, 0.05) is 28.7 Å². The largest absolute Gasteiger partial charge is 0.493 e. The molecule has 0 aromatic heterocycles. The van der Waals surface area contributed by atoms with Gasteiger partial charge in [-0.05, 0) is 47.5 Å². The first-order chi connectivity index (χ1) is 14.5. The van der Waals surface area contributed by atoms with Crippen molar-refractivity contribution in [2.75, 3.05) is 7.11 Å². The van der Waals surface area contributed by atoms with Gasteiger partial charge < -0.3 is 19.9 Å². The molecule has 0 heterocycles. The lowest BCUT2D eigenvalue weighted by Gasteiger charge is -2.13. The number of ether oxygens (including phenoxy) is 2. The Bertz CT molecular complexity index is 1030. The van der Waals surface area contributed by atoms with Gasteiger partial charge in [-0.25, -0.2) is 4.79 Å². The van der Waals surface area contributed by atoms with Gasteiger partial charge in [0.05, 0.1) is 12.7 Å². The highest BCUT2D eigenvalue weighted by Crippen LogP contribution is 2.30. The lowest BCUT2D eigenvalue weighted by Crippen LogP contribution is -2.13. The van der Waals surface area contributed by atoms with Gasteiger partial charge in [0.25, 0.3) is 0 Å². The molecule has 3 rings (SSSR count). The van der Waals surface area contributed by atoms with Crippen molar-refractivity contribution < 1.29 is 19.4 Å². The summed E-state index contributed by atoms with van der Waals surface area (Å²) < 4.78 is 11.3. The maximum Gasteiger partial charge on any atom is 0.335 e. The third-order valence-corrected chi connectivity index (χ3v) is 5.07. The Kier molecular flexibility index (Phi) is 9.46. The predicted molar refractivity (Wildman–Crippen MR) is 125 cm³/mol. The fourth-order valence-electron chi connectivity index (χ4n) is 2.85. The molecule has 31 heavy (non-hydrogen) atoms. The Labute approximate surface area is 197 Å². The van der Waals surface area contributed by atoms with Crippen LogP contribution in [0.5, 0.6) is 11.5 Å². The molecule has 164 valence electrons. The molecule has 0 saturated heterocycles. The van der Waals surface area contributed by atoms with Gasteiger partial charge >= 0.3 is 5.97 Å². The van der Waals surface area contributed by atoms with E-state index >= 15 is 0 Å². The van der Waals surface area contributed by atoms with Gasteiger partial charge in [0.15, 0.2) is 11.5 Å². The summed E-state index contributed by atoms with van der Waals surface area (Å²) in [6.45, 7) is 1.55. The first-order valence-electron chi connectivity index (χ1n) is 9.23. The fraction of sp³-hybridized carbons (Fsp3) is 0.174. The molecule has 0 unspecified atom stereocenters. The van der Waals surface area contributed by atoms with Crippen LogP contribution in [0.4, 0.5) is 0 Å². The van der Waals surface area contributed by atoms with Crippen LogP contribution < -0.4 is 14.8 Å². The number of carbonyl (C=O) groups is 1. The van der Waals surface area contributed by atoms with Crippen molar-refractivity contribution in [3.05, 3.63) is 93.0 Å². The van der Waals surface area contributed by atoms with E-state index in [-0.39, 0.29) is 18.0 Å². The molecule has 3 aromatic carbocycles. The molecule has 3 aromatic rings. The molecule has 0 aliphatic rings. The molecule has 0 aliphatic heterocycles. The third-order valence-electron chi connectivity index (χ3n) is 4.49. The van der Waals surface area contributed by atoms with Crippen molar-refractivity contribution >= 4 is 41.6 Å². The van der Waals surface area contributed by atoms with E-state index in [1.165, 1.54) is 0 Å². The summed E-state index contributed by atoms with van der Waals surface area (Å²) in [4.78, 5) is 10.9. The lowest BCUT2D eigenvalue weighted by molar-refractivity contribution is 0.0697. The molecule has 0 amide bonds. The number of hydrogen-bond donors (Lipinski definition) is 2. The van der Waals surface area contributed by atoms with Crippen LogP contribution in [-0.4, -0.2) is 18.2 Å². The average Bonchev–Trinajstić information content (AvgIpc) is 2.74. The number of rotatable bonds is 9. The second kappa shape index (κ2) is 11.8. The number of carboxylic acids is 1. The number of methoxy groups -OCH3 is 1. The summed E-state index contributed by atoms with van der Waals surface area (Å²) in [5.74, 6) is 0.323. The number of halogens is 3. The molecule has 5 nitrogen and oxygen atoms in total. The summed E-state index contributed by atoms with van der Waals surface area (Å²) in [6, 6.07) is 17.8. The van der Waals surface area contributed by atoms with Gasteiger partial charge in [-0.3, -0.25) is 0 Å². The Morgan fingerprint density at radius 3 is 2.26 bits per heavy atom. The molecule has 0 spiro atoms. The van der Waals surface area contributed by atoms with Gasteiger partial charge in [0.2, 0.25) is 0 Å². The van der Waals surface area contributed by atoms with E-state index in [0.29, 0.717) is 41.2 Å². The Morgan fingerprint density at radius 2 is 1.61 bits per heavy atom. The molecule has 2 N–H and O–H groups in total. The Balaban J connectivity index is 0.00000341. The number of nitrogens with one attached hydrogen (secondary N) is 1. The maximum absolute atomic E-state index is 10.9. The summed E-state index contributed by atoms with van der Waals surface area (Å²) in [5.41, 5.74) is 3.15. The monoisotopic (exact) mass is 481 g/mol. The Hall–Kier alpha value is -2.44. The van der Waals surface area contributed by atoms with Crippen LogP contribution in [0.25, 0.3) is 0 Å². The SMILES string of the molecule is COc1cc(CNCc2ccc(C(=O)O)cc2)ccc1OCc1ccc(Cl)cc1Cl.Cl. The highest BCUT2D eigenvalue weighted by Gasteiger charge is 2.09. The molecule has 0 aliphatic carbocycles. The van der Waals surface area contributed by atoms with Crippen molar-refractivity contribution in [1.29, 1.82) is 0 Å². The van der Waals surface area contributed by atoms with Crippen LogP contribution in [0.2, 0.25) is 10.0 Å². The zero-order valence-electron chi connectivity index (χ0n) is 16.7. The zero-order chi connectivity index (χ0) is 21.5. The van der Waals surface area contributed by atoms with Crippen molar-refractivity contribution in [3.8, 4) is 11.5 Å². The number of carboxylic acid groups (broad SMARTS) is 1. The van der Waals surface area contributed by atoms with E-state index < -0.39 is 5.97 Å². The first kappa shape index (κ1) is 24.8.